The van der Waals surface area contributed by atoms with Gasteiger partial charge in [0.05, 0.1) is 0 Å². The third-order valence-electron chi connectivity index (χ3n) is 1.55. The molecule has 68 valence electrons. The first kappa shape index (κ1) is 8.14. The van der Waals surface area contributed by atoms with Crippen LogP contribution in [0.2, 0.25) is 0 Å². The Balaban J connectivity index is 2.86. The molecule has 0 bridgehead atoms. The number of aromatic nitrogens is 3. The van der Waals surface area contributed by atoms with Crippen molar-refractivity contribution in [3.05, 3.63) is 18.5 Å². The molecular formula is C6H5N4O2S-. The van der Waals surface area contributed by atoms with Gasteiger partial charge in [-0.3, -0.25) is 4.21 Å². The summed E-state index contributed by atoms with van der Waals surface area (Å²) in [6, 6.07) is 1.64. The van der Waals surface area contributed by atoms with Crippen molar-refractivity contribution in [1.29, 1.82) is 0 Å². The van der Waals surface area contributed by atoms with Crippen molar-refractivity contribution in [3.63, 3.8) is 0 Å². The minimum absolute atomic E-state index is 0.0352. The fourth-order valence-electron chi connectivity index (χ4n) is 1.04. The first-order chi connectivity index (χ1) is 6.20. The molecule has 2 rings (SSSR count). The standard InChI is InChI=1S/C6H6N4O2S/c7-5-4(13(11)12)6-8-2-1-3-10(6)9-5/h1-3H,(H2,7,9)(H,11,12)/p-1. The van der Waals surface area contributed by atoms with Crippen LogP contribution in [0.5, 0.6) is 0 Å². The van der Waals surface area contributed by atoms with Gasteiger partial charge in [0, 0.05) is 12.4 Å². The van der Waals surface area contributed by atoms with E-state index in [-0.39, 0.29) is 16.4 Å². The quantitative estimate of drug-likeness (QED) is 0.624. The van der Waals surface area contributed by atoms with Gasteiger partial charge in [0.15, 0.2) is 11.5 Å². The smallest absolute Gasteiger partial charge is 0.172 e. The molecule has 0 fully saturated rings. The van der Waals surface area contributed by atoms with Crippen molar-refractivity contribution in [2.24, 2.45) is 0 Å². The summed E-state index contributed by atoms with van der Waals surface area (Å²) in [5.41, 5.74) is 5.63. The Kier molecular flexibility index (Phi) is 1.74. The van der Waals surface area contributed by atoms with Crippen LogP contribution in [0.4, 0.5) is 5.82 Å². The van der Waals surface area contributed by atoms with E-state index in [1.807, 2.05) is 0 Å². The van der Waals surface area contributed by atoms with Crippen molar-refractivity contribution in [2.45, 2.75) is 4.90 Å². The molecule has 7 heteroatoms. The zero-order chi connectivity index (χ0) is 9.42. The van der Waals surface area contributed by atoms with Crippen molar-refractivity contribution in [2.75, 3.05) is 5.73 Å². The van der Waals surface area contributed by atoms with Gasteiger partial charge in [-0.15, -0.1) is 5.10 Å². The SMILES string of the molecule is Nc1nn2cccnc2c1S(=O)[O-]. The summed E-state index contributed by atoms with van der Waals surface area (Å²) in [6.07, 6.45) is 3.06. The largest absolute Gasteiger partial charge is 0.768 e. The molecule has 0 amide bonds. The van der Waals surface area contributed by atoms with E-state index in [4.69, 9.17) is 5.73 Å². The van der Waals surface area contributed by atoms with Gasteiger partial charge in [0.2, 0.25) is 0 Å². The van der Waals surface area contributed by atoms with Crippen molar-refractivity contribution in [1.82, 2.24) is 14.6 Å². The molecule has 2 aromatic rings. The minimum atomic E-state index is -2.40. The molecule has 2 N–H and O–H groups in total. The van der Waals surface area contributed by atoms with Crippen LogP contribution >= 0.6 is 0 Å². The van der Waals surface area contributed by atoms with Gasteiger partial charge < -0.3 is 10.3 Å². The number of anilines is 1. The van der Waals surface area contributed by atoms with Crippen molar-refractivity contribution < 1.29 is 8.76 Å². The van der Waals surface area contributed by atoms with E-state index < -0.39 is 11.1 Å². The maximum absolute atomic E-state index is 10.7. The first-order valence-electron chi connectivity index (χ1n) is 3.38. The lowest BCUT2D eigenvalue weighted by atomic mass is 10.6. The average Bonchev–Trinajstić information content (AvgIpc) is 2.39. The molecule has 0 saturated heterocycles. The first-order valence-corrected chi connectivity index (χ1v) is 4.45. The third kappa shape index (κ3) is 1.18. The molecule has 13 heavy (non-hydrogen) atoms. The molecule has 2 aromatic heterocycles. The topological polar surface area (TPSA) is 96.3 Å². The highest BCUT2D eigenvalue weighted by Crippen LogP contribution is 2.17. The molecule has 0 saturated carbocycles. The van der Waals surface area contributed by atoms with Crippen molar-refractivity contribution in [3.8, 4) is 0 Å². The third-order valence-corrected chi connectivity index (χ3v) is 2.27. The Labute approximate surface area is 75.7 Å². The van der Waals surface area contributed by atoms with Crippen LogP contribution in [-0.4, -0.2) is 23.4 Å². The Morgan fingerprint density at radius 2 is 2.38 bits per heavy atom. The highest BCUT2D eigenvalue weighted by Gasteiger charge is 2.10. The summed E-state index contributed by atoms with van der Waals surface area (Å²) >= 11 is -2.40. The Morgan fingerprint density at radius 1 is 1.62 bits per heavy atom. The predicted molar refractivity (Wildman–Crippen MR) is 44.6 cm³/mol. The van der Waals surface area contributed by atoms with Gasteiger partial charge in [0.1, 0.15) is 4.90 Å². The van der Waals surface area contributed by atoms with Gasteiger partial charge in [-0.05, 0) is 17.1 Å². The van der Waals surface area contributed by atoms with E-state index >= 15 is 0 Å². The van der Waals surface area contributed by atoms with E-state index in [0.29, 0.717) is 0 Å². The maximum atomic E-state index is 10.7. The van der Waals surface area contributed by atoms with E-state index in [9.17, 15) is 8.76 Å². The van der Waals surface area contributed by atoms with E-state index in [2.05, 4.69) is 10.1 Å². The Morgan fingerprint density at radius 3 is 3.08 bits per heavy atom. The van der Waals surface area contributed by atoms with Crippen LogP contribution in [-0.2, 0) is 11.1 Å². The molecule has 6 nitrogen and oxygen atoms in total. The highest BCUT2D eigenvalue weighted by atomic mass is 32.2. The predicted octanol–water partition coefficient (Wildman–Crippen LogP) is -0.451. The molecule has 1 atom stereocenters. The number of hydrogen-bond donors (Lipinski definition) is 1. The molecule has 0 aromatic carbocycles. The Bertz CT molecular complexity index is 480. The van der Waals surface area contributed by atoms with Crippen LogP contribution in [0.1, 0.15) is 0 Å². The molecular weight excluding hydrogens is 192 g/mol. The van der Waals surface area contributed by atoms with Gasteiger partial charge in [-0.2, -0.15) is 0 Å². The lowest BCUT2D eigenvalue weighted by Gasteiger charge is -2.01. The number of nitrogen functional groups attached to an aromatic ring is 1. The molecule has 0 aliphatic rings. The van der Waals surface area contributed by atoms with Gasteiger partial charge in [0.25, 0.3) is 0 Å². The normalized spacial score (nSPS) is 13.3. The van der Waals surface area contributed by atoms with Gasteiger partial charge in [-0.1, -0.05) is 0 Å². The number of fused-ring (bicyclic) bond motifs is 1. The van der Waals surface area contributed by atoms with E-state index in [1.54, 1.807) is 12.3 Å². The highest BCUT2D eigenvalue weighted by molar-refractivity contribution is 7.79. The number of nitrogens with zero attached hydrogens (tertiary/aromatic N) is 3. The fraction of sp³-hybridized carbons (Fsp3) is 0. The molecule has 2 heterocycles. The van der Waals surface area contributed by atoms with E-state index in [1.165, 1.54) is 10.7 Å². The van der Waals surface area contributed by atoms with Crippen LogP contribution in [0.25, 0.3) is 5.65 Å². The second-order valence-corrected chi connectivity index (χ2v) is 3.21. The number of hydrogen-bond acceptors (Lipinski definition) is 5. The zero-order valence-electron chi connectivity index (χ0n) is 6.38. The second-order valence-electron chi connectivity index (χ2n) is 2.34. The molecule has 0 aliphatic carbocycles. The average molecular weight is 197 g/mol. The summed E-state index contributed by atoms with van der Waals surface area (Å²) in [5, 5.41) is 3.77. The van der Waals surface area contributed by atoms with Gasteiger partial charge >= 0.3 is 0 Å². The number of nitrogens with two attached hydrogens (primary N) is 1. The van der Waals surface area contributed by atoms with Crippen LogP contribution < -0.4 is 5.73 Å². The monoisotopic (exact) mass is 197 g/mol. The van der Waals surface area contributed by atoms with Crippen LogP contribution in [0.15, 0.2) is 23.4 Å². The second kappa shape index (κ2) is 2.79. The summed E-state index contributed by atoms with van der Waals surface area (Å²) in [4.78, 5) is 3.80. The maximum Gasteiger partial charge on any atom is 0.172 e. The summed E-state index contributed by atoms with van der Waals surface area (Å²) in [7, 11) is 0. The molecule has 0 spiro atoms. The van der Waals surface area contributed by atoms with Crippen LogP contribution in [0.3, 0.4) is 0 Å². The van der Waals surface area contributed by atoms with Gasteiger partial charge in [-0.25, -0.2) is 9.50 Å². The summed E-state index contributed by atoms with van der Waals surface area (Å²) in [6.45, 7) is 0. The molecule has 1 unspecified atom stereocenters. The lowest BCUT2D eigenvalue weighted by molar-refractivity contribution is 0.538. The van der Waals surface area contributed by atoms with Crippen LogP contribution in [0, 0.1) is 0 Å². The summed E-state index contributed by atoms with van der Waals surface area (Å²) in [5.74, 6) is -0.0352. The minimum Gasteiger partial charge on any atom is -0.768 e. The molecule has 0 aliphatic heterocycles. The zero-order valence-corrected chi connectivity index (χ0v) is 7.19. The van der Waals surface area contributed by atoms with E-state index in [0.717, 1.165) is 0 Å². The number of rotatable bonds is 1. The van der Waals surface area contributed by atoms with Crippen molar-refractivity contribution >= 4 is 22.5 Å². The molecule has 0 radical (unpaired) electrons. The Hall–Kier alpha value is -1.47. The lowest BCUT2D eigenvalue weighted by Crippen LogP contribution is -1.94. The summed E-state index contributed by atoms with van der Waals surface area (Å²) < 4.78 is 22.8. The fourth-order valence-corrected chi connectivity index (χ4v) is 1.55.